The predicted molar refractivity (Wildman–Crippen MR) is 67.3 cm³/mol. The van der Waals surface area contributed by atoms with Gasteiger partial charge in [-0.2, -0.15) is 5.10 Å². The molecule has 2 N–H and O–H groups in total. The molecule has 0 aliphatic heterocycles. The maximum atomic E-state index is 13.6. The summed E-state index contributed by atoms with van der Waals surface area (Å²) in [6.07, 6.45) is 0. The second-order valence-corrected chi connectivity index (χ2v) is 4.31. The number of benzene rings is 1. The average Bonchev–Trinajstić information content (AvgIpc) is 2.53. The summed E-state index contributed by atoms with van der Waals surface area (Å²) in [5, 5.41) is 4.05. The van der Waals surface area contributed by atoms with Gasteiger partial charge in [-0.15, -0.1) is 0 Å². The Kier molecular flexibility index (Phi) is 3.06. The number of aryl methyl sites for hydroxylation is 1. The van der Waals surface area contributed by atoms with Crippen molar-refractivity contribution >= 4 is 21.7 Å². The Bertz CT molecular complexity index is 568. The minimum absolute atomic E-state index is 0.208. The van der Waals surface area contributed by atoms with Gasteiger partial charge in [0.1, 0.15) is 0 Å². The molecule has 0 spiro atoms. The first-order valence-corrected chi connectivity index (χ1v) is 5.65. The third-order valence-corrected chi connectivity index (χ3v) is 3.22. The smallest absolute Gasteiger partial charge is 0.165 e. The van der Waals surface area contributed by atoms with Crippen LogP contribution in [0.2, 0.25) is 0 Å². The van der Waals surface area contributed by atoms with E-state index >= 15 is 0 Å². The number of rotatable bonds is 2. The van der Waals surface area contributed by atoms with Gasteiger partial charge in [0, 0.05) is 12.6 Å². The standard InChI is InChI=1S/C11H11BrFN3O/c1-16-10(9(12)11(14)15-16)6-3-4-8(17-2)7(13)5-6/h3-5H,1-2H3,(H2,14,15). The molecule has 0 unspecified atom stereocenters. The Hall–Kier alpha value is -1.56. The summed E-state index contributed by atoms with van der Waals surface area (Å²) in [6, 6.07) is 4.71. The zero-order valence-electron chi connectivity index (χ0n) is 9.37. The molecule has 0 saturated heterocycles. The molecule has 2 aromatic rings. The Morgan fingerprint density at radius 2 is 2.18 bits per heavy atom. The van der Waals surface area contributed by atoms with Gasteiger partial charge < -0.3 is 10.5 Å². The molecule has 4 nitrogen and oxygen atoms in total. The number of hydrogen-bond acceptors (Lipinski definition) is 3. The topological polar surface area (TPSA) is 53.1 Å². The van der Waals surface area contributed by atoms with E-state index in [-0.39, 0.29) is 5.75 Å². The largest absolute Gasteiger partial charge is 0.494 e. The van der Waals surface area contributed by atoms with Crippen LogP contribution < -0.4 is 10.5 Å². The minimum Gasteiger partial charge on any atom is -0.494 e. The summed E-state index contributed by atoms with van der Waals surface area (Å²) < 4.78 is 20.7. The van der Waals surface area contributed by atoms with Gasteiger partial charge in [-0.25, -0.2) is 4.39 Å². The highest BCUT2D eigenvalue weighted by Gasteiger charge is 2.15. The third kappa shape index (κ3) is 2.00. The van der Waals surface area contributed by atoms with Crippen molar-refractivity contribution in [2.75, 3.05) is 12.8 Å². The third-order valence-electron chi connectivity index (χ3n) is 2.44. The van der Waals surface area contributed by atoms with E-state index in [1.54, 1.807) is 23.9 Å². The van der Waals surface area contributed by atoms with Crippen LogP contribution in [-0.4, -0.2) is 16.9 Å². The molecule has 1 aromatic carbocycles. The Morgan fingerprint density at radius 1 is 1.47 bits per heavy atom. The molecule has 0 fully saturated rings. The SMILES string of the molecule is COc1ccc(-c2c(Br)c(N)nn2C)cc1F. The Labute approximate surface area is 106 Å². The van der Waals surface area contributed by atoms with Gasteiger partial charge in [0.15, 0.2) is 17.4 Å². The van der Waals surface area contributed by atoms with Crippen LogP contribution in [0.25, 0.3) is 11.3 Å². The maximum absolute atomic E-state index is 13.6. The summed E-state index contributed by atoms with van der Waals surface area (Å²) in [5.41, 5.74) is 7.08. The van der Waals surface area contributed by atoms with E-state index in [0.29, 0.717) is 15.9 Å². The van der Waals surface area contributed by atoms with Gasteiger partial charge in [-0.05, 0) is 34.1 Å². The highest BCUT2D eigenvalue weighted by Crippen LogP contribution is 2.33. The van der Waals surface area contributed by atoms with Crippen LogP contribution in [0.5, 0.6) is 5.75 Å². The molecule has 0 aliphatic rings. The van der Waals surface area contributed by atoms with Crippen molar-refractivity contribution in [3.63, 3.8) is 0 Å². The van der Waals surface area contributed by atoms with E-state index in [0.717, 1.165) is 5.69 Å². The van der Waals surface area contributed by atoms with Gasteiger partial charge in [-0.3, -0.25) is 4.68 Å². The molecule has 6 heteroatoms. The van der Waals surface area contributed by atoms with E-state index < -0.39 is 5.82 Å². The molecule has 2 rings (SSSR count). The van der Waals surface area contributed by atoms with Crippen molar-refractivity contribution < 1.29 is 9.13 Å². The van der Waals surface area contributed by atoms with Crippen molar-refractivity contribution in [3.05, 3.63) is 28.5 Å². The van der Waals surface area contributed by atoms with Crippen molar-refractivity contribution in [2.24, 2.45) is 7.05 Å². The lowest BCUT2D eigenvalue weighted by Gasteiger charge is -2.06. The highest BCUT2D eigenvalue weighted by atomic mass is 79.9. The number of ether oxygens (including phenoxy) is 1. The normalized spacial score (nSPS) is 10.6. The number of nitrogen functional groups attached to an aromatic ring is 1. The fourth-order valence-corrected chi connectivity index (χ4v) is 2.21. The van der Waals surface area contributed by atoms with E-state index in [2.05, 4.69) is 21.0 Å². The molecule has 0 amide bonds. The second-order valence-electron chi connectivity index (χ2n) is 3.52. The summed E-state index contributed by atoms with van der Waals surface area (Å²) >= 11 is 3.34. The molecule has 0 bridgehead atoms. The van der Waals surface area contributed by atoms with Crippen molar-refractivity contribution in [1.82, 2.24) is 9.78 Å². The minimum atomic E-state index is -0.420. The Balaban J connectivity index is 2.57. The first-order chi connectivity index (χ1) is 8.04. The molecule has 0 aliphatic carbocycles. The molecular weight excluding hydrogens is 289 g/mol. The lowest BCUT2D eigenvalue weighted by atomic mass is 10.1. The van der Waals surface area contributed by atoms with Crippen molar-refractivity contribution in [3.8, 4) is 17.0 Å². The average molecular weight is 300 g/mol. The lowest BCUT2D eigenvalue weighted by Crippen LogP contribution is -1.95. The number of aromatic nitrogens is 2. The zero-order chi connectivity index (χ0) is 12.6. The molecule has 1 aromatic heterocycles. The molecule has 17 heavy (non-hydrogen) atoms. The first kappa shape index (κ1) is 11.9. The van der Waals surface area contributed by atoms with Crippen LogP contribution in [0.4, 0.5) is 10.2 Å². The van der Waals surface area contributed by atoms with Crippen LogP contribution in [0.1, 0.15) is 0 Å². The highest BCUT2D eigenvalue weighted by molar-refractivity contribution is 9.10. The summed E-state index contributed by atoms with van der Waals surface area (Å²) in [4.78, 5) is 0. The predicted octanol–water partition coefficient (Wildman–Crippen LogP) is 2.58. The molecule has 90 valence electrons. The fourth-order valence-electron chi connectivity index (χ4n) is 1.65. The number of halogens is 2. The summed E-state index contributed by atoms with van der Waals surface area (Å²) in [5.74, 6) is 0.162. The number of nitrogens with zero attached hydrogens (tertiary/aromatic N) is 2. The van der Waals surface area contributed by atoms with Gasteiger partial charge in [0.25, 0.3) is 0 Å². The fraction of sp³-hybridized carbons (Fsp3) is 0.182. The lowest BCUT2D eigenvalue weighted by molar-refractivity contribution is 0.386. The van der Waals surface area contributed by atoms with E-state index in [1.165, 1.54) is 13.2 Å². The number of hydrogen-bond donors (Lipinski definition) is 1. The van der Waals surface area contributed by atoms with E-state index in [9.17, 15) is 4.39 Å². The zero-order valence-corrected chi connectivity index (χ0v) is 11.0. The second kappa shape index (κ2) is 4.37. The number of anilines is 1. The summed E-state index contributed by atoms with van der Waals surface area (Å²) in [7, 11) is 3.18. The first-order valence-electron chi connectivity index (χ1n) is 4.86. The molecule has 0 radical (unpaired) electrons. The summed E-state index contributed by atoms with van der Waals surface area (Å²) in [6.45, 7) is 0. The molecule has 0 atom stereocenters. The van der Waals surface area contributed by atoms with Gasteiger partial charge in [0.05, 0.1) is 17.3 Å². The van der Waals surface area contributed by atoms with Gasteiger partial charge in [0.2, 0.25) is 0 Å². The quantitative estimate of drug-likeness (QED) is 0.927. The maximum Gasteiger partial charge on any atom is 0.165 e. The van der Waals surface area contributed by atoms with Gasteiger partial charge in [-0.1, -0.05) is 0 Å². The van der Waals surface area contributed by atoms with Crippen molar-refractivity contribution in [1.29, 1.82) is 0 Å². The van der Waals surface area contributed by atoms with E-state index in [4.69, 9.17) is 10.5 Å². The van der Waals surface area contributed by atoms with Crippen LogP contribution in [-0.2, 0) is 7.05 Å². The monoisotopic (exact) mass is 299 g/mol. The van der Waals surface area contributed by atoms with Crippen LogP contribution in [0.3, 0.4) is 0 Å². The Morgan fingerprint density at radius 3 is 2.65 bits per heavy atom. The van der Waals surface area contributed by atoms with E-state index in [1.807, 2.05) is 0 Å². The van der Waals surface area contributed by atoms with Crippen molar-refractivity contribution in [2.45, 2.75) is 0 Å². The number of nitrogens with two attached hydrogens (primary N) is 1. The molecular formula is C11H11BrFN3O. The molecule has 0 saturated carbocycles. The number of methoxy groups -OCH3 is 1. The molecule has 1 heterocycles. The van der Waals surface area contributed by atoms with Crippen LogP contribution >= 0.6 is 15.9 Å². The van der Waals surface area contributed by atoms with Gasteiger partial charge >= 0.3 is 0 Å². The van der Waals surface area contributed by atoms with Crippen LogP contribution in [0, 0.1) is 5.82 Å². The van der Waals surface area contributed by atoms with Crippen LogP contribution in [0.15, 0.2) is 22.7 Å².